The van der Waals surface area contributed by atoms with Gasteiger partial charge < -0.3 is 14.8 Å². The summed E-state index contributed by atoms with van der Waals surface area (Å²) in [6, 6.07) is 8.30. The van der Waals surface area contributed by atoms with Crippen LogP contribution < -0.4 is 5.32 Å². The molecule has 0 bridgehead atoms. The summed E-state index contributed by atoms with van der Waals surface area (Å²) in [6.07, 6.45) is 3.02. The molecule has 3 aromatic rings. The number of benzene rings is 1. The second-order valence-electron chi connectivity index (χ2n) is 5.50. The zero-order chi connectivity index (χ0) is 16.4. The first-order chi connectivity index (χ1) is 11.0. The molecule has 2 heterocycles. The van der Waals surface area contributed by atoms with Gasteiger partial charge in [-0.15, -0.1) is 0 Å². The summed E-state index contributed by atoms with van der Waals surface area (Å²) in [5.41, 5.74) is 3.52. The predicted octanol–water partition coefficient (Wildman–Crippen LogP) is 3.26. The number of imidazole rings is 1. The summed E-state index contributed by atoms with van der Waals surface area (Å²) >= 11 is 5.64. The average molecular weight is 334 g/mol. The van der Waals surface area contributed by atoms with Crippen molar-refractivity contribution in [3.8, 4) is 0 Å². The van der Waals surface area contributed by atoms with Gasteiger partial charge in [-0.05, 0) is 36.2 Å². The fourth-order valence-electron chi connectivity index (χ4n) is 2.44. The topological polar surface area (TPSA) is 49.6 Å². The van der Waals surface area contributed by atoms with E-state index in [0.717, 1.165) is 16.9 Å². The van der Waals surface area contributed by atoms with E-state index in [9.17, 15) is 9.50 Å². The van der Waals surface area contributed by atoms with Crippen molar-refractivity contribution in [2.75, 3.05) is 6.54 Å². The molecule has 0 saturated heterocycles. The molecule has 0 radical (unpaired) electrons. The summed E-state index contributed by atoms with van der Waals surface area (Å²) in [4.78, 5) is 4.33. The highest BCUT2D eigenvalue weighted by Gasteiger charge is 2.10. The lowest BCUT2D eigenvalue weighted by atomic mass is 10.1. The Labute approximate surface area is 138 Å². The highest BCUT2D eigenvalue weighted by Crippen LogP contribution is 2.20. The van der Waals surface area contributed by atoms with E-state index in [1.165, 1.54) is 12.1 Å². The number of aliphatic hydroxyl groups excluding tert-OH is 1. The van der Waals surface area contributed by atoms with E-state index in [-0.39, 0.29) is 5.02 Å². The minimum absolute atomic E-state index is 0.0509. The smallest absolute Gasteiger partial charge is 0.142 e. The molecule has 6 heteroatoms. The van der Waals surface area contributed by atoms with Crippen molar-refractivity contribution in [3.05, 3.63) is 70.4 Å². The molecule has 3 rings (SSSR count). The number of halogens is 2. The lowest BCUT2D eigenvalue weighted by molar-refractivity contribution is 0.174. The van der Waals surface area contributed by atoms with E-state index in [0.29, 0.717) is 18.7 Å². The largest absolute Gasteiger partial charge is 0.387 e. The Kier molecular flexibility index (Phi) is 4.61. The van der Waals surface area contributed by atoms with Crippen LogP contribution in [0.15, 0.2) is 42.7 Å². The minimum Gasteiger partial charge on any atom is -0.387 e. The maximum Gasteiger partial charge on any atom is 0.142 e. The number of nitrogens with zero attached hydrogens (tertiary/aromatic N) is 2. The zero-order valence-electron chi connectivity index (χ0n) is 12.6. The van der Waals surface area contributed by atoms with Gasteiger partial charge in [-0.25, -0.2) is 9.37 Å². The van der Waals surface area contributed by atoms with Gasteiger partial charge in [-0.2, -0.15) is 0 Å². The molecule has 0 fully saturated rings. The maximum atomic E-state index is 13.4. The molecule has 1 atom stereocenters. The van der Waals surface area contributed by atoms with Crippen LogP contribution in [0.1, 0.15) is 22.9 Å². The minimum atomic E-state index is -0.803. The third kappa shape index (κ3) is 3.52. The van der Waals surface area contributed by atoms with Gasteiger partial charge in [0.2, 0.25) is 0 Å². The van der Waals surface area contributed by atoms with Gasteiger partial charge in [-0.1, -0.05) is 23.7 Å². The SMILES string of the molecule is Cc1ccc2ncc(CNCC(O)c3ccc(Cl)c(F)c3)n2c1. The molecule has 0 saturated carbocycles. The molecular formula is C17H17ClFN3O. The maximum absolute atomic E-state index is 13.4. The fourth-order valence-corrected chi connectivity index (χ4v) is 2.56. The van der Waals surface area contributed by atoms with Gasteiger partial charge in [0.05, 0.1) is 23.0 Å². The summed E-state index contributed by atoms with van der Waals surface area (Å²) in [5, 5.41) is 13.3. The fraction of sp³-hybridized carbons (Fsp3) is 0.235. The van der Waals surface area contributed by atoms with E-state index >= 15 is 0 Å². The van der Waals surface area contributed by atoms with Crippen LogP contribution in [0.3, 0.4) is 0 Å². The Morgan fingerprint density at radius 2 is 2.17 bits per heavy atom. The number of hydrogen-bond acceptors (Lipinski definition) is 3. The van der Waals surface area contributed by atoms with Crippen molar-refractivity contribution in [2.24, 2.45) is 0 Å². The first-order valence-corrected chi connectivity index (χ1v) is 7.68. The van der Waals surface area contributed by atoms with Crippen LogP contribution in [0, 0.1) is 12.7 Å². The number of aliphatic hydroxyl groups is 1. The summed E-state index contributed by atoms with van der Waals surface area (Å²) in [7, 11) is 0. The number of aromatic nitrogens is 2. The summed E-state index contributed by atoms with van der Waals surface area (Å²) in [6.45, 7) is 2.88. The van der Waals surface area contributed by atoms with Gasteiger partial charge in [-0.3, -0.25) is 0 Å². The molecule has 4 nitrogen and oxygen atoms in total. The molecule has 120 valence electrons. The second kappa shape index (κ2) is 6.66. The van der Waals surface area contributed by atoms with Gasteiger partial charge in [0.1, 0.15) is 11.5 Å². The first kappa shape index (κ1) is 15.9. The van der Waals surface area contributed by atoms with Crippen LogP contribution in [0.2, 0.25) is 5.02 Å². The van der Waals surface area contributed by atoms with Gasteiger partial charge in [0, 0.05) is 19.3 Å². The Morgan fingerprint density at radius 1 is 1.35 bits per heavy atom. The second-order valence-corrected chi connectivity index (χ2v) is 5.91. The molecular weight excluding hydrogens is 317 g/mol. The molecule has 0 amide bonds. The van der Waals surface area contributed by atoms with Crippen molar-refractivity contribution < 1.29 is 9.50 Å². The van der Waals surface area contributed by atoms with Crippen molar-refractivity contribution in [2.45, 2.75) is 19.6 Å². The Bertz CT molecular complexity index is 834. The number of pyridine rings is 1. The Balaban J connectivity index is 1.64. The van der Waals surface area contributed by atoms with E-state index < -0.39 is 11.9 Å². The molecule has 0 aliphatic rings. The molecule has 2 N–H and O–H groups in total. The summed E-state index contributed by atoms with van der Waals surface area (Å²) in [5.74, 6) is -0.527. The van der Waals surface area contributed by atoms with Crippen molar-refractivity contribution in [1.82, 2.24) is 14.7 Å². The lowest BCUT2D eigenvalue weighted by Crippen LogP contribution is -2.21. The number of hydrogen-bond donors (Lipinski definition) is 2. The molecule has 1 aromatic carbocycles. The monoisotopic (exact) mass is 333 g/mol. The Morgan fingerprint density at radius 3 is 2.96 bits per heavy atom. The van der Waals surface area contributed by atoms with E-state index in [1.54, 1.807) is 12.3 Å². The molecule has 0 aliphatic heterocycles. The van der Waals surface area contributed by atoms with Crippen LogP contribution in [0.4, 0.5) is 4.39 Å². The molecule has 1 unspecified atom stereocenters. The normalized spacial score (nSPS) is 12.7. The number of aryl methyl sites for hydroxylation is 1. The third-order valence-corrected chi connectivity index (χ3v) is 4.01. The van der Waals surface area contributed by atoms with Gasteiger partial charge >= 0.3 is 0 Å². The van der Waals surface area contributed by atoms with E-state index in [4.69, 9.17) is 11.6 Å². The van der Waals surface area contributed by atoms with Crippen LogP contribution in [0.5, 0.6) is 0 Å². The van der Waals surface area contributed by atoms with Gasteiger partial charge in [0.15, 0.2) is 0 Å². The first-order valence-electron chi connectivity index (χ1n) is 7.31. The average Bonchev–Trinajstić information content (AvgIpc) is 2.92. The van der Waals surface area contributed by atoms with Gasteiger partial charge in [0.25, 0.3) is 0 Å². The molecule has 0 spiro atoms. The van der Waals surface area contributed by atoms with E-state index in [2.05, 4.69) is 10.3 Å². The highest BCUT2D eigenvalue weighted by atomic mass is 35.5. The quantitative estimate of drug-likeness (QED) is 0.753. The van der Waals surface area contributed by atoms with Crippen LogP contribution >= 0.6 is 11.6 Å². The third-order valence-electron chi connectivity index (χ3n) is 3.70. The predicted molar refractivity (Wildman–Crippen MR) is 88.0 cm³/mol. The van der Waals surface area contributed by atoms with Crippen molar-refractivity contribution in [3.63, 3.8) is 0 Å². The van der Waals surface area contributed by atoms with E-state index in [1.807, 2.05) is 29.7 Å². The van der Waals surface area contributed by atoms with Crippen molar-refractivity contribution >= 4 is 17.2 Å². The van der Waals surface area contributed by atoms with Crippen LogP contribution in [0.25, 0.3) is 5.65 Å². The highest BCUT2D eigenvalue weighted by molar-refractivity contribution is 6.30. The lowest BCUT2D eigenvalue weighted by Gasteiger charge is -2.12. The van der Waals surface area contributed by atoms with Crippen LogP contribution in [-0.2, 0) is 6.54 Å². The molecule has 0 aliphatic carbocycles. The standard InChI is InChI=1S/C17H17ClFN3O/c1-11-2-5-17-21-8-13(22(17)10-11)7-20-9-16(23)12-3-4-14(18)15(19)6-12/h2-6,8,10,16,20,23H,7,9H2,1H3. The van der Waals surface area contributed by atoms with Crippen molar-refractivity contribution in [1.29, 1.82) is 0 Å². The number of nitrogens with one attached hydrogen (secondary N) is 1. The van der Waals surface area contributed by atoms with Crippen LogP contribution in [-0.4, -0.2) is 21.0 Å². The zero-order valence-corrected chi connectivity index (χ0v) is 13.4. The molecule has 2 aromatic heterocycles. The summed E-state index contributed by atoms with van der Waals surface area (Å²) < 4.78 is 15.4. The Hall–Kier alpha value is -1.95. The molecule has 23 heavy (non-hydrogen) atoms. The number of fused-ring (bicyclic) bond motifs is 1. The number of rotatable bonds is 5.